The van der Waals surface area contributed by atoms with Gasteiger partial charge in [0, 0.05) is 17.8 Å². The Bertz CT molecular complexity index is 546. The van der Waals surface area contributed by atoms with E-state index in [1.165, 1.54) is 32.1 Å². The van der Waals surface area contributed by atoms with E-state index in [2.05, 4.69) is 15.5 Å². The van der Waals surface area contributed by atoms with Crippen molar-refractivity contribution >= 4 is 5.91 Å². The topological polar surface area (TPSA) is 77.8 Å². The second kappa shape index (κ2) is 5.46. The first-order valence-corrected chi connectivity index (χ1v) is 7.68. The van der Waals surface area contributed by atoms with Crippen LogP contribution in [0.1, 0.15) is 43.4 Å². The van der Waals surface area contributed by atoms with Crippen molar-refractivity contribution in [2.24, 2.45) is 17.8 Å². The molecule has 0 radical (unpaired) electrons. The van der Waals surface area contributed by atoms with Crippen LogP contribution in [-0.2, 0) is 11.2 Å². The zero-order valence-corrected chi connectivity index (χ0v) is 12.0. The maximum Gasteiger partial charge on any atom is 0.267 e. The summed E-state index contributed by atoms with van der Waals surface area (Å²) in [5, 5.41) is 8.29. The minimum atomic E-state index is -0.186. The van der Waals surface area contributed by atoms with Gasteiger partial charge < -0.3 is 10.4 Å². The molecule has 1 amide bonds. The van der Waals surface area contributed by atoms with Crippen molar-refractivity contribution < 1.29 is 4.79 Å². The predicted octanol–water partition coefficient (Wildman–Crippen LogP) is 1.50. The Kier molecular flexibility index (Phi) is 3.68. The zero-order valence-electron chi connectivity index (χ0n) is 12.0. The molecule has 2 saturated carbocycles. The van der Waals surface area contributed by atoms with E-state index in [1.807, 2.05) is 0 Å². The van der Waals surface area contributed by atoms with Crippen molar-refractivity contribution in [3.8, 4) is 0 Å². The third-order valence-electron chi connectivity index (χ3n) is 5.22. The summed E-state index contributed by atoms with van der Waals surface area (Å²) in [5.41, 5.74) is 1.11. The molecule has 0 aromatic carbocycles. The highest BCUT2D eigenvalue weighted by atomic mass is 16.2. The number of carbonyl (C=O) groups excluding carboxylic acids is 1. The molecule has 5 heteroatoms. The molecule has 5 nitrogen and oxygen atoms in total. The molecule has 2 fully saturated rings. The van der Waals surface area contributed by atoms with Crippen LogP contribution in [0.2, 0.25) is 0 Å². The fourth-order valence-electron chi connectivity index (χ4n) is 4.09. The fourth-order valence-corrected chi connectivity index (χ4v) is 4.09. The number of aromatic nitrogens is 2. The average molecular weight is 277 g/mol. The van der Waals surface area contributed by atoms with Crippen molar-refractivity contribution in [3.63, 3.8) is 0 Å². The van der Waals surface area contributed by atoms with Gasteiger partial charge in [0.2, 0.25) is 5.91 Å². The summed E-state index contributed by atoms with van der Waals surface area (Å²) >= 11 is 0. The van der Waals surface area contributed by atoms with Gasteiger partial charge >= 0.3 is 0 Å². The number of rotatable bonds is 4. The van der Waals surface area contributed by atoms with E-state index in [4.69, 9.17) is 0 Å². The van der Waals surface area contributed by atoms with Crippen molar-refractivity contribution in [2.75, 3.05) is 6.54 Å². The minimum absolute atomic E-state index is 0.0420. The average Bonchev–Trinajstić information content (AvgIpc) is 3.09. The van der Waals surface area contributed by atoms with E-state index in [-0.39, 0.29) is 17.9 Å². The highest BCUT2D eigenvalue weighted by Gasteiger charge is 2.38. The molecule has 0 spiro atoms. The number of hydrogen-bond donors (Lipinski definition) is 3. The molecule has 1 aromatic heterocycles. The minimum Gasteiger partial charge on any atom is -0.356 e. The normalized spacial score (nSPS) is 28.6. The van der Waals surface area contributed by atoms with E-state index in [1.54, 1.807) is 6.92 Å². The van der Waals surface area contributed by atoms with Gasteiger partial charge in [-0.05, 0) is 43.9 Å². The number of aryl methyl sites for hydroxylation is 1. The van der Waals surface area contributed by atoms with Crippen LogP contribution in [0.25, 0.3) is 0 Å². The zero-order chi connectivity index (χ0) is 14.1. The maximum atomic E-state index is 12.0. The number of hydrogen-bond acceptors (Lipinski definition) is 2. The quantitative estimate of drug-likeness (QED) is 0.780. The van der Waals surface area contributed by atoms with Gasteiger partial charge in [-0.1, -0.05) is 12.8 Å². The van der Waals surface area contributed by atoms with Gasteiger partial charge in [0.1, 0.15) is 0 Å². The Hall–Kier alpha value is -1.52. The van der Waals surface area contributed by atoms with Gasteiger partial charge in [-0.15, -0.1) is 0 Å². The van der Waals surface area contributed by atoms with E-state index in [9.17, 15) is 9.59 Å². The molecule has 2 aliphatic carbocycles. The Morgan fingerprint density at radius 2 is 2.10 bits per heavy atom. The molecule has 0 saturated heterocycles. The largest absolute Gasteiger partial charge is 0.356 e. The van der Waals surface area contributed by atoms with Crippen LogP contribution in [0.3, 0.4) is 0 Å². The molecule has 3 atom stereocenters. The Morgan fingerprint density at radius 3 is 2.85 bits per heavy atom. The molecule has 0 aliphatic heterocycles. The standard InChI is InChI=1S/C15H23N3O2/c1-9-13(15(20)18-17-9)7-14(19)16-8-11-6-5-10-3-2-4-12(10)11/h10-12H,2-8H2,1H3,(H,16,19)(H2,17,18,20)/t10-,11+,12-/m0/s1. The maximum absolute atomic E-state index is 12.0. The predicted molar refractivity (Wildman–Crippen MR) is 76.4 cm³/mol. The van der Waals surface area contributed by atoms with Crippen molar-refractivity contribution in [1.29, 1.82) is 0 Å². The van der Waals surface area contributed by atoms with Gasteiger partial charge in [0.25, 0.3) is 5.56 Å². The first-order chi connectivity index (χ1) is 9.65. The van der Waals surface area contributed by atoms with Gasteiger partial charge in [0.15, 0.2) is 0 Å². The molecule has 1 heterocycles. The second-order valence-corrected chi connectivity index (χ2v) is 6.36. The Morgan fingerprint density at radius 1 is 1.25 bits per heavy atom. The van der Waals surface area contributed by atoms with Crippen LogP contribution < -0.4 is 10.9 Å². The van der Waals surface area contributed by atoms with Crippen molar-refractivity contribution in [3.05, 3.63) is 21.6 Å². The van der Waals surface area contributed by atoms with Crippen LogP contribution in [-0.4, -0.2) is 22.6 Å². The van der Waals surface area contributed by atoms with Crippen LogP contribution in [0.5, 0.6) is 0 Å². The van der Waals surface area contributed by atoms with Gasteiger partial charge in [-0.3, -0.25) is 14.7 Å². The lowest BCUT2D eigenvalue weighted by Gasteiger charge is -2.18. The van der Waals surface area contributed by atoms with Crippen molar-refractivity contribution in [2.45, 2.75) is 45.4 Å². The summed E-state index contributed by atoms with van der Waals surface area (Å²) < 4.78 is 0. The highest BCUT2D eigenvalue weighted by Crippen LogP contribution is 2.47. The molecule has 20 heavy (non-hydrogen) atoms. The van der Waals surface area contributed by atoms with Crippen LogP contribution in [0.15, 0.2) is 4.79 Å². The first kappa shape index (κ1) is 13.5. The number of nitrogens with one attached hydrogen (secondary N) is 3. The molecule has 3 N–H and O–H groups in total. The highest BCUT2D eigenvalue weighted by molar-refractivity contribution is 5.78. The van der Waals surface area contributed by atoms with Crippen LogP contribution in [0.4, 0.5) is 0 Å². The van der Waals surface area contributed by atoms with Crippen LogP contribution in [0, 0.1) is 24.7 Å². The molecule has 110 valence electrons. The SMILES string of the molecule is Cc1[nH][nH]c(=O)c1CC(=O)NC[C@H]1CC[C@@H]2CCC[C@@H]21. The summed E-state index contributed by atoms with van der Waals surface area (Å²) in [4.78, 5) is 23.5. The fraction of sp³-hybridized carbons (Fsp3) is 0.733. The summed E-state index contributed by atoms with van der Waals surface area (Å²) in [7, 11) is 0. The molecule has 0 unspecified atom stereocenters. The van der Waals surface area contributed by atoms with E-state index in [0.29, 0.717) is 11.5 Å². The lowest BCUT2D eigenvalue weighted by atomic mass is 9.92. The molecule has 3 rings (SSSR count). The van der Waals surface area contributed by atoms with E-state index in [0.717, 1.165) is 24.1 Å². The number of carbonyl (C=O) groups is 1. The third kappa shape index (κ3) is 2.53. The second-order valence-electron chi connectivity index (χ2n) is 6.36. The van der Waals surface area contributed by atoms with Crippen molar-refractivity contribution in [1.82, 2.24) is 15.5 Å². The number of aromatic amines is 2. The van der Waals surface area contributed by atoms with Crippen LogP contribution >= 0.6 is 0 Å². The summed E-state index contributed by atoms with van der Waals surface area (Å²) in [6.07, 6.45) is 6.83. The number of fused-ring (bicyclic) bond motifs is 1. The lowest BCUT2D eigenvalue weighted by molar-refractivity contribution is -0.120. The van der Waals surface area contributed by atoms with E-state index >= 15 is 0 Å². The number of H-pyrrole nitrogens is 2. The summed E-state index contributed by atoms with van der Waals surface area (Å²) in [6, 6.07) is 0. The monoisotopic (exact) mass is 277 g/mol. The van der Waals surface area contributed by atoms with Gasteiger partial charge in [0.05, 0.1) is 6.42 Å². The number of amides is 1. The summed E-state index contributed by atoms with van der Waals surface area (Å²) in [6.45, 7) is 2.59. The smallest absolute Gasteiger partial charge is 0.267 e. The van der Waals surface area contributed by atoms with E-state index < -0.39 is 0 Å². The van der Waals surface area contributed by atoms with Gasteiger partial charge in [-0.25, -0.2) is 0 Å². The molecule has 2 aliphatic rings. The summed E-state index contributed by atoms with van der Waals surface area (Å²) in [5.74, 6) is 2.34. The molecule has 1 aromatic rings. The molecular weight excluding hydrogens is 254 g/mol. The lowest BCUT2D eigenvalue weighted by Crippen LogP contribution is -2.33. The Labute approximate surface area is 118 Å². The molecule has 0 bridgehead atoms. The first-order valence-electron chi connectivity index (χ1n) is 7.68. The molecular formula is C15H23N3O2. The van der Waals surface area contributed by atoms with Gasteiger partial charge in [-0.2, -0.15) is 0 Å². The Balaban J connectivity index is 1.51. The third-order valence-corrected chi connectivity index (χ3v) is 5.22.